The molecule has 0 amide bonds. The zero-order chi connectivity index (χ0) is 12.4. The molecule has 3 rings (SSSR count). The minimum Gasteiger partial charge on any atom is -0.352 e. The first-order chi connectivity index (χ1) is 8.84. The highest BCUT2D eigenvalue weighted by Crippen LogP contribution is 2.24. The molecule has 0 N–H and O–H groups in total. The van der Waals surface area contributed by atoms with Gasteiger partial charge in [0.25, 0.3) is 0 Å². The molecule has 0 aromatic carbocycles. The second-order valence-electron chi connectivity index (χ2n) is 4.80. The largest absolute Gasteiger partial charge is 0.352 e. The molecular formula is C14H18N4. The zero-order valence-electron chi connectivity index (χ0n) is 10.7. The van der Waals surface area contributed by atoms with Crippen molar-refractivity contribution in [2.24, 2.45) is 0 Å². The van der Waals surface area contributed by atoms with E-state index in [1.807, 2.05) is 18.5 Å². The third kappa shape index (κ3) is 2.10. The van der Waals surface area contributed by atoms with E-state index < -0.39 is 0 Å². The highest BCUT2D eigenvalue weighted by molar-refractivity contribution is 5.40. The van der Waals surface area contributed by atoms with Gasteiger partial charge in [0.05, 0.1) is 0 Å². The van der Waals surface area contributed by atoms with Crippen LogP contribution in [0.2, 0.25) is 0 Å². The summed E-state index contributed by atoms with van der Waals surface area (Å²) in [7, 11) is 0. The fourth-order valence-electron chi connectivity index (χ4n) is 2.67. The van der Waals surface area contributed by atoms with Gasteiger partial charge in [0, 0.05) is 37.7 Å². The Morgan fingerprint density at radius 2 is 2.22 bits per heavy atom. The maximum Gasteiger partial charge on any atom is 0.128 e. The Labute approximate surface area is 107 Å². The van der Waals surface area contributed by atoms with Crippen LogP contribution in [0.3, 0.4) is 0 Å². The van der Waals surface area contributed by atoms with Gasteiger partial charge in [-0.05, 0) is 31.9 Å². The van der Waals surface area contributed by atoms with E-state index in [0.29, 0.717) is 6.04 Å². The molecule has 1 fully saturated rings. The molecule has 18 heavy (non-hydrogen) atoms. The molecule has 2 aromatic heterocycles. The normalized spacial score (nSPS) is 19.4. The molecule has 3 heterocycles. The van der Waals surface area contributed by atoms with Crippen molar-refractivity contribution in [1.29, 1.82) is 0 Å². The van der Waals surface area contributed by atoms with Crippen molar-refractivity contribution in [2.45, 2.75) is 32.4 Å². The molecule has 1 aliphatic heterocycles. The summed E-state index contributed by atoms with van der Waals surface area (Å²) in [5.74, 6) is 2.18. The summed E-state index contributed by atoms with van der Waals surface area (Å²) in [6, 6.07) is 6.65. The highest BCUT2D eigenvalue weighted by atomic mass is 15.2. The Kier molecular flexibility index (Phi) is 3.00. The monoisotopic (exact) mass is 242 g/mol. The Bertz CT molecular complexity index is 506. The van der Waals surface area contributed by atoms with E-state index in [0.717, 1.165) is 24.7 Å². The predicted molar refractivity (Wildman–Crippen MR) is 71.6 cm³/mol. The number of hydrogen-bond donors (Lipinski definition) is 0. The van der Waals surface area contributed by atoms with Crippen LogP contribution >= 0.6 is 0 Å². The maximum atomic E-state index is 4.46. The molecule has 4 nitrogen and oxygen atoms in total. The molecule has 0 unspecified atom stereocenters. The van der Waals surface area contributed by atoms with Crippen LogP contribution < -0.4 is 4.90 Å². The molecule has 4 heteroatoms. The molecule has 0 radical (unpaired) electrons. The number of aromatic nitrogens is 3. The van der Waals surface area contributed by atoms with Gasteiger partial charge in [0.2, 0.25) is 0 Å². The van der Waals surface area contributed by atoms with Crippen LogP contribution in [0.4, 0.5) is 5.82 Å². The second kappa shape index (κ2) is 4.80. The first-order valence-corrected chi connectivity index (χ1v) is 6.50. The average molecular weight is 242 g/mol. The van der Waals surface area contributed by atoms with Crippen LogP contribution in [0, 0.1) is 6.92 Å². The van der Waals surface area contributed by atoms with Gasteiger partial charge in [-0.25, -0.2) is 9.97 Å². The Balaban J connectivity index is 1.78. The van der Waals surface area contributed by atoms with Crippen LogP contribution in [0.5, 0.6) is 0 Å². The van der Waals surface area contributed by atoms with E-state index in [9.17, 15) is 0 Å². The lowest BCUT2D eigenvalue weighted by Gasteiger charge is -2.26. The fourth-order valence-corrected chi connectivity index (χ4v) is 2.67. The van der Waals surface area contributed by atoms with Gasteiger partial charge < -0.3 is 9.47 Å². The minimum absolute atomic E-state index is 0.535. The lowest BCUT2D eigenvalue weighted by atomic mass is 10.2. The van der Waals surface area contributed by atoms with Gasteiger partial charge in [-0.1, -0.05) is 6.07 Å². The number of hydrogen-bond acceptors (Lipinski definition) is 3. The van der Waals surface area contributed by atoms with Crippen molar-refractivity contribution in [3.8, 4) is 0 Å². The molecule has 1 saturated heterocycles. The van der Waals surface area contributed by atoms with Crippen molar-refractivity contribution in [2.75, 3.05) is 11.4 Å². The summed E-state index contributed by atoms with van der Waals surface area (Å²) >= 11 is 0. The summed E-state index contributed by atoms with van der Waals surface area (Å²) in [5, 5.41) is 0. The lowest BCUT2D eigenvalue weighted by molar-refractivity contribution is 0.538. The quantitative estimate of drug-likeness (QED) is 0.828. The third-order valence-electron chi connectivity index (χ3n) is 3.65. The summed E-state index contributed by atoms with van der Waals surface area (Å²) in [6.45, 7) is 4.16. The summed E-state index contributed by atoms with van der Waals surface area (Å²) in [4.78, 5) is 11.2. The molecular weight excluding hydrogens is 224 g/mol. The van der Waals surface area contributed by atoms with Gasteiger partial charge in [-0.2, -0.15) is 0 Å². The fraction of sp³-hybridized carbons (Fsp3) is 0.429. The number of imidazole rings is 1. The lowest BCUT2D eigenvalue weighted by Crippen LogP contribution is -2.33. The summed E-state index contributed by atoms with van der Waals surface area (Å²) < 4.78 is 2.23. The molecule has 0 aliphatic carbocycles. The summed E-state index contributed by atoms with van der Waals surface area (Å²) in [6.07, 6.45) is 8.27. The van der Waals surface area contributed by atoms with Gasteiger partial charge in [-0.3, -0.25) is 0 Å². The first-order valence-electron chi connectivity index (χ1n) is 6.50. The topological polar surface area (TPSA) is 34.0 Å². The average Bonchev–Trinajstić information content (AvgIpc) is 3.01. The SMILES string of the molecule is Cc1nccn1C[C@H]1CCCN1c1ccccn1. The van der Waals surface area contributed by atoms with Crippen LogP contribution in [-0.4, -0.2) is 27.1 Å². The van der Waals surface area contributed by atoms with Crippen LogP contribution in [-0.2, 0) is 6.54 Å². The van der Waals surface area contributed by atoms with Gasteiger partial charge >= 0.3 is 0 Å². The van der Waals surface area contributed by atoms with Crippen molar-refractivity contribution >= 4 is 5.82 Å². The molecule has 0 bridgehead atoms. The predicted octanol–water partition coefficient (Wildman–Crippen LogP) is 2.26. The van der Waals surface area contributed by atoms with E-state index in [4.69, 9.17) is 0 Å². The maximum absolute atomic E-state index is 4.46. The van der Waals surface area contributed by atoms with E-state index in [-0.39, 0.29) is 0 Å². The van der Waals surface area contributed by atoms with Crippen molar-refractivity contribution in [1.82, 2.24) is 14.5 Å². The smallest absolute Gasteiger partial charge is 0.128 e. The summed E-state index contributed by atoms with van der Waals surface area (Å²) in [5.41, 5.74) is 0. The number of nitrogens with zero attached hydrogens (tertiary/aromatic N) is 4. The molecule has 1 aliphatic rings. The molecule has 0 spiro atoms. The van der Waals surface area contributed by atoms with Crippen molar-refractivity contribution in [3.05, 3.63) is 42.6 Å². The molecule has 2 aromatic rings. The van der Waals surface area contributed by atoms with Crippen LogP contribution in [0.15, 0.2) is 36.8 Å². The first kappa shape index (κ1) is 11.3. The van der Waals surface area contributed by atoms with Gasteiger partial charge in [0.1, 0.15) is 11.6 Å². The van der Waals surface area contributed by atoms with Crippen LogP contribution in [0.1, 0.15) is 18.7 Å². The molecule has 1 atom stereocenters. The highest BCUT2D eigenvalue weighted by Gasteiger charge is 2.25. The van der Waals surface area contributed by atoms with Crippen LogP contribution in [0.25, 0.3) is 0 Å². The molecule has 94 valence electrons. The second-order valence-corrected chi connectivity index (χ2v) is 4.80. The number of anilines is 1. The van der Waals surface area contributed by atoms with Crippen molar-refractivity contribution in [3.63, 3.8) is 0 Å². The van der Waals surface area contributed by atoms with E-state index >= 15 is 0 Å². The Hall–Kier alpha value is -1.84. The number of rotatable bonds is 3. The third-order valence-corrected chi connectivity index (χ3v) is 3.65. The Morgan fingerprint density at radius 1 is 1.28 bits per heavy atom. The number of aryl methyl sites for hydroxylation is 1. The Morgan fingerprint density at radius 3 is 2.94 bits per heavy atom. The zero-order valence-corrected chi connectivity index (χ0v) is 10.7. The van der Waals surface area contributed by atoms with Crippen molar-refractivity contribution < 1.29 is 0 Å². The van der Waals surface area contributed by atoms with Gasteiger partial charge in [-0.15, -0.1) is 0 Å². The minimum atomic E-state index is 0.535. The van der Waals surface area contributed by atoms with E-state index in [2.05, 4.69) is 44.7 Å². The van der Waals surface area contributed by atoms with E-state index in [1.54, 1.807) is 0 Å². The molecule has 0 saturated carbocycles. The van der Waals surface area contributed by atoms with E-state index in [1.165, 1.54) is 12.8 Å². The van der Waals surface area contributed by atoms with Gasteiger partial charge in [0.15, 0.2) is 0 Å². The standard InChI is InChI=1S/C14H18N4/c1-12-15-8-10-17(12)11-13-5-4-9-18(13)14-6-2-3-7-16-14/h2-3,6-8,10,13H,4-5,9,11H2,1H3/t13-/m1/s1. The number of pyridine rings is 1.